The van der Waals surface area contributed by atoms with Crippen molar-refractivity contribution in [2.24, 2.45) is 16.6 Å². The largest absolute Gasteiger partial charge is 0.493 e. The summed E-state index contributed by atoms with van der Waals surface area (Å²) < 4.78 is 10.6. The second kappa shape index (κ2) is 10.3. The van der Waals surface area contributed by atoms with E-state index < -0.39 is 0 Å². The van der Waals surface area contributed by atoms with Crippen molar-refractivity contribution in [1.82, 2.24) is 10.2 Å². The van der Waals surface area contributed by atoms with Gasteiger partial charge in [-0.05, 0) is 49.4 Å². The number of benzene rings is 1. The van der Waals surface area contributed by atoms with Gasteiger partial charge in [0.2, 0.25) is 0 Å². The fraction of sp³-hybridized carbons (Fsp3) is 0.650. The highest BCUT2D eigenvalue weighted by atomic mass is 16.5. The quantitative estimate of drug-likeness (QED) is 0.521. The summed E-state index contributed by atoms with van der Waals surface area (Å²) in [6.07, 6.45) is 3.33. The van der Waals surface area contributed by atoms with E-state index in [1.54, 1.807) is 14.2 Å². The lowest BCUT2D eigenvalue weighted by Gasteiger charge is -2.24. The minimum absolute atomic E-state index is 0.530. The molecule has 0 amide bonds. The van der Waals surface area contributed by atoms with Crippen molar-refractivity contribution < 1.29 is 9.47 Å². The van der Waals surface area contributed by atoms with Gasteiger partial charge in [-0.25, -0.2) is 0 Å². The van der Waals surface area contributed by atoms with Crippen LogP contribution in [0.3, 0.4) is 0 Å². The van der Waals surface area contributed by atoms with Crippen LogP contribution in [0.5, 0.6) is 11.5 Å². The van der Waals surface area contributed by atoms with E-state index in [2.05, 4.69) is 29.1 Å². The molecule has 0 aliphatic carbocycles. The van der Waals surface area contributed by atoms with Gasteiger partial charge in [-0.1, -0.05) is 19.9 Å². The van der Waals surface area contributed by atoms with Crippen molar-refractivity contribution in [3.05, 3.63) is 23.8 Å². The normalized spacial score (nSPS) is 18.3. The minimum atomic E-state index is 0.530. The van der Waals surface area contributed by atoms with E-state index in [9.17, 15) is 0 Å². The van der Waals surface area contributed by atoms with Gasteiger partial charge in [-0.2, -0.15) is 0 Å². The van der Waals surface area contributed by atoms with Crippen molar-refractivity contribution in [3.8, 4) is 11.5 Å². The molecule has 146 valence electrons. The van der Waals surface area contributed by atoms with Crippen LogP contribution in [0.25, 0.3) is 0 Å². The fourth-order valence-electron chi connectivity index (χ4n) is 3.44. The number of hydrogen-bond acceptors (Lipinski definition) is 4. The number of likely N-dealkylation sites (tertiary alicyclic amines) is 1. The SMILES string of the molecule is COc1ccc(CCNC(N)=NC[C@@H]2CCCN2CC(C)C)cc1OC. The van der Waals surface area contributed by atoms with Crippen LogP contribution in [0, 0.1) is 5.92 Å². The molecular weight excluding hydrogens is 328 g/mol. The lowest BCUT2D eigenvalue weighted by molar-refractivity contribution is 0.231. The Balaban J connectivity index is 1.77. The first-order chi connectivity index (χ1) is 12.5. The number of nitrogens with two attached hydrogens (primary N) is 1. The maximum Gasteiger partial charge on any atom is 0.188 e. The van der Waals surface area contributed by atoms with Crippen LogP contribution in [-0.4, -0.2) is 57.3 Å². The molecule has 26 heavy (non-hydrogen) atoms. The zero-order valence-electron chi connectivity index (χ0n) is 16.6. The Hall–Kier alpha value is -1.95. The Morgan fingerprint density at radius 1 is 1.31 bits per heavy atom. The van der Waals surface area contributed by atoms with Gasteiger partial charge in [0, 0.05) is 19.1 Å². The number of nitrogens with one attached hydrogen (secondary N) is 1. The molecule has 1 heterocycles. The van der Waals surface area contributed by atoms with E-state index >= 15 is 0 Å². The lowest BCUT2D eigenvalue weighted by atomic mass is 10.1. The van der Waals surface area contributed by atoms with Crippen molar-refractivity contribution >= 4 is 5.96 Å². The summed E-state index contributed by atoms with van der Waals surface area (Å²) in [7, 11) is 3.29. The molecule has 0 unspecified atom stereocenters. The Morgan fingerprint density at radius 2 is 2.08 bits per heavy atom. The molecule has 1 aliphatic heterocycles. The first-order valence-electron chi connectivity index (χ1n) is 9.52. The van der Waals surface area contributed by atoms with E-state index in [1.165, 1.54) is 24.9 Å². The number of hydrogen-bond donors (Lipinski definition) is 2. The average Bonchev–Trinajstić information content (AvgIpc) is 3.06. The summed E-state index contributed by atoms with van der Waals surface area (Å²) in [5, 5.41) is 3.21. The molecule has 3 N–H and O–H groups in total. The third-order valence-corrected chi connectivity index (χ3v) is 4.74. The predicted molar refractivity (Wildman–Crippen MR) is 107 cm³/mol. The van der Waals surface area contributed by atoms with E-state index in [0.29, 0.717) is 17.9 Å². The second-order valence-electron chi connectivity index (χ2n) is 7.28. The smallest absolute Gasteiger partial charge is 0.188 e. The second-order valence-corrected chi connectivity index (χ2v) is 7.28. The highest BCUT2D eigenvalue weighted by molar-refractivity contribution is 5.77. The van der Waals surface area contributed by atoms with Gasteiger partial charge in [0.1, 0.15) is 0 Å². The number of nitrogens with zero attached hydrogens (tertiary/aromatic N) is 2. The summed E-state index contributed by atoms with van der Waals surface area (Å²) in [6, 6.07) is 6.49. The van der Waals surface area contributed by atoms with E-state index in [1.807, 2.05) is 18.2 Å². The number of ether oxygens (including phenoxy) is 2. The lowest BCUT2D eigenvalue weighted by Crippen LogP contribution is -2.37. The van der Waals surface area contributed by atoms with Crippen LogP contribution in [-0.2, 0) is 6.42 Å². The van der Waals surface area contributed by atoms with Gasteiger partial charge >= 0.3 is 0 Å². The molecule has 2 rings (SSSR count). The van der Waals surface area contributed by atoms with Crippen molar-refractivity contribution in [1.29, 1.82) is 0 Å². The van der Waals surface area contributed by atoms with Gasteiger partial charge < -0.3 is 20.5 Å². The van der Waals surface area contributed by atoms with Crippen LogP contribution in [0.2, 0.25) is 0 Å². The minimum Gasteiger partial charge on any atom is -0.493 e. The van der Waals surface area contributed by atoms with Gasteiger partial charge in [0.15, 0.2) is 17.5 Å². The Morgan fingerprint density at radius 3 is 2.77 bits per heavy atom. The molecule has 1 aromatic rings. The highest BCUT2D eigenvalue weighted by Crippen LogP contribution is 2.27. The van der Waals surface area contributed by atoms with Gasteiger partial charge in [0.25, 0.3) is 0 Å². The van der Waals surface area contributed by atoms with Crippen LogP contribution in [0.1, 0.15) is 32.3 Å². The predicted octanol–water partition coefficient (Wildman–Crippen LogP) is 2.27. The summed E-state index contributed by atoms with van der Waals surface area (Å²) in [4.78, 5) is 7.10. The maximum atomic E-state index is 6.04. The number of methoxy groups -OCH3 is 2. The standard InChI is InChI=1S/C20H34N4O2/c1-15(2)14-24-11-5-6-17(24)13-23-20(21)22-10-9-16-7-8-18(25-3)19(12-16)26-4/h7-8,12,15,17H,5-6,9-11,13-14H2,1-4H3,(H3,21,22,23)/t17-/m0/s1. The van der Waals surface area contributed by atoms with Crippen molar-refractivity contribution in [3.63, 3.8) is 0 Å². The van der Waals surface area contributed by atoms with E-state index in [-0.39, 0.29) is 0 Å². The molecule has 0 radical (unpaired) electrons. The summed E-state index contributed by atoms with van der Waals surface area (Å²) in [5.41, 5.74) is 7.21. The molecule has 1 saturated heterocycles. The third-order valence-electron chi connectivity index (χ3n) is 4.74. The molecule has 1 atom stereocenters. The van der Waals surface area contributed by atoms with Crippen LogP contribution in [0.4, 0.5) is 0 Å². The van der Waals surface area contributed by atoms with Gasteiger partial charge in [0.05, 0.1) is 20.8 Å². The Labute approximate surface area is 157 Å². The van der Waals surface area contributed by atoms with Crippen molar-refractivity contribution in [2.45, 2.75) is 39.2 Å². The summed E-state index contributed by atoms with van der Waals surface area (Å²) in [6.45, 7) is 8.39. The average molecular weight is 363 g/mol. The van der Waals surface area contributed by atoms with Gasteiger partial charge in [-0.3, -0.25) is 9.89 Å². The van der Waals surface area contributed by atoms with E-state index in [4.69, 9.17) is 15.2 Å². The summed E-state index contributed by atoms with van der Waals surface area (Å²) >= 11 is 0. The maximum absolute atomic E-state index is 6.04. The van der Waals surface area contributed by atoms with E-state index in [0.717, 1.165) is 37.6 Å². The highest BCUT2D eigenvalue weighted by Gasteiger charge is 2.24. The molecule has 6 nitrogen and oxygen atoms in total. The molecule has 0 spiro atoms. The zero-order chi connectivity index (χ0) is 18.9. The molecule has 6 heteroatoms. The van der Waals surface area contributed by atoms with Crippen LogP contribution < -0.4 is 20.5 Å². The zero-order valence-corrected chi connectivity index (χ0v) is 16.6. The third kappa shape index (κ3) is 6.09. The Bertz CT molecular complexity index is 589. The molecule has 1 aliphatic rings. The molecule has 0 saturated carbocycles. The molecule has 0 bridgehead atoms. The fourth-order valence-corrected chi connectivity index (χ4v) is 3.44. The van der Waals surface area contributed by atoms with Crippen molar-refractivity contribution in [2.75, 3.05) is 40.4 Å². The van der Waals surface area contributed by atoms with Gasteiger partial charge in [-0.15, -0.1) is 0 Å². The number of aliphatic imine (C=N–C) groups is 1. The van der Waals surface area contributed by atoms with Crippen LogP contribution >= 0.6 is 0 Å². The molecule has 0 aromatic heterocycles. The summed E-state index contributed by atoms with van der Waals surface area (Å²) in [5.74, 6) is 2.71. The molecule has 1 aromatic carbocycles. The first-order valence-corrected chi connectivity index (χ1v) is 9.52. The Kier molecular flexibility index (Phi) is 8.04. The molecule has 1 fully saturated rings. The number of guanidine groups is 1. The monoisotopic (exact) mass is 362 g/mol. The van der Waals surface area contributed by atoms with Crippen LogP contribution in [0.15, 0.2) is 23.2 Å². The number of rotatable bonds is 9. The first kappa shape index (κ1) is 20.4. The topological polar surface area (TPSA) is 72.1 Å². The molecular formula is C20H34N4O2.